The van der Waals surface area contributed by atoms with Crippen LogP contribution in [0.5, 0.6) is 0 Å². The summed E-state index contributed by atoms with van der Waals surface area (Å²) in [5.41, 5.74) is 16.8. The maximum absolute atomic E-state index is 2.34. The highest BCUT2D eigenvalue weighted by Crippen LogP contribution is 2.32. The molecule has 268 valence electrons. The van der Waals surface area contributed by atoms with E-state index in [-0.39, 0.29) is 0 Å². The Morgan fingerprint density at radius 1 is 0.304 bits per heavy atom. The number of fused-ring (bicyclic) bond motifs is 1. The molecule has 0 heteroatoms. The lowest BCUT2D eigenvalue weighted by atomic mass is 9.91. The van der Waals surface area contributed by atoms with Gasteiger partial charge in [0.1, 0.15) is 0 Å². The lowest BCUT2D eigenvalue weighted by Gasteiger charge is -2.13. The van der Waals surface area contributed by atoms with E-state index < -0.39 is 0 Å². The van der Waals surface area contributed by atoms with Gasteiger partial charge in [-0.05, 0) is 127 Å². The molecule has 0 atom stereocenters. The van der Waals surface area contributed by atoms with Gasteiger partial charge >= 0.3 is 0 Å². The number of benzene rings is 8. The summed E-state index contributed by atoms with van der Waals surface area (Å²) in [5, 5.41) is 2.44. The summed E-state index contributed by atoms with van der Waals surface area (Å²) in [6, 6.07) is 69.3. The third-order valence-electron chi connectivity index (χ3n) is 10.5. The number of aryl methyl sites for hydroxylation is 2. The zero-order chi connectivity index (χ0) is 38.1. The maximum Gasteiger partial charge on any atom is -0.0103 e. The zero-order valence-corrected chi connectivity index (χ0v) is 31.9. The molecule has 8 rings (SSSR count). The van der Waals surface area contributed by atoms with Gasteiger partial charge in [0.15, 0.2) is 0 Å². The van der Waals surface area contributed by atoms with Crippen LogP contribution in [0.4, 0.5) is 0 Å². The highest BCUT2D eigenvalue weighted by molar-refractivity contribution is 5.97. The predicted octanol–water partition coefficient (Wildman–Crippen LogP) is 15.0. The smallest absolute Gasteiger partial charge is 0.0103 e. The van der Waals surface area contributed by atoms with Crippen LogP contribution in [-0.2, 0) is 0 Å². The van der Waals surface area contributed by atoms with E-state index in [9.17, 15) is 0 Å². The van der Waals surface area contributed by atoms with E-state index in [1.807, 2.05) is 0 Å². The van der Waals surface area contributed by atoms with Crippen LogP contribution in [0.2, 0.25) is 0 Å². The van der Waals surface area contributed by atoms with Crippen LogP contribution in [0.3, 0.4) is 0 Å². The van der Waals surface area contributed by atoms with E-state index in [4.69, 9.17) is 0 Å². The standard InChI is InChI=1S/C56H44/c1-41-19-9-17-31-53(41)55(45-23-5-3-6-24-45)39-49-29-13-11-21-43(49)33-35-51-37-47-27-15-16-28-48(47)38-52(51)36-34-44-22-12-14-30-50(44)40-56(46-25-7-4-8-26-46)54-32-18-10-20-42(54)2/h3-40H,1-2H3/b35-33?,36-34?,55-39+,56-40+. The molecule has 0 aliphatic carbocycles. The molecule has 8 aromatic carbocycles. The van der Waals surface area contributed by atoms with Gasteiger partial charge in [0.25, 0.3) is 0 Å². The summed E-state index contributed by atoms with van der Waals surface area (Å²) in [7, 11) is 0. The topological polar surface area (TPSA) is 0 Å². The van der Waals surface area contributed by atoms with Crippen LogP contribution < -0.4 is 0 Å². The molecule has 0 aliphatic heterocycles. The molecule has 0 bridgehead atoms. The van der Waals surface area contributed by atoms with Crippen LogP contribution in [0.1, 0.15) is 66.8 Å². The fourth-order valence-corrected chi connectivity index (χ4v) is 7.44. The summed E-state index contributed by atoms with van der Waals surface area (Å²) < 4.78 is 0. The van der Waals surface area contributed by atoms with Crippen LogP contribution in [0.15, 0.2) is 194 Å². The average Bonchev–Trinajstić information content (AvgIpc) is 3.25. The minimum atomic E-state index is 1.16. The van der Waals surface area contributed by atoms with Crippen LogP contribution >= 0.6 is 0 Å². The van der Waals surface area contributed by atoms with E-state index in [1.54, 1.807) is 0 Å². The van der Waals surface area contributed by atoms with Gasteiger partial charge in [-0.15, -0.1) is 0 Å². The van der Waals surface area contributed by atoms with Crippen molar-refractivity contribution in [2.24, 2.45) is 0 Å². The molecule has 8 aromatic rings. The number of hydrogen-bond donors (Lipinski definition) is 0. The lowest BCUT2D eigenvalue weighted by Crippen LogP contribution is -1.92. The molecule has 0 spiro atoms. The Morgan fingerprint density at radius 2 is 0.625 bits per heavy atom. The molecule has 0 radical (unpaired) electrons. The number of rotatable bonds is 10. The second-order valence-electron chi connectivity index (χ2n) is 14.2. The Bertz CT molecular complexity index is 2550. The predicted molar refractivity (Wildman–Crippen MR) is 244 cm³/mol. The van der Waals surface area contributed by atoms with Gasteiger partial charge in [0, 0.05) is 0 Å². The largest absolute Gasteiger partial charge is 0.0622 e. The summed E-state index contributed by atoms with van der Waals surface area (Å²) in [6.45, 7) is 4.38. The Hall–Kier alpha value is -7.02. The first-order valence-electron chi connectivity index (χ1n) is 19.3. The second-order valence-corrected chi connectivity index (χ2v) is 14.2. The van der Waals surface area contributed by atoms with Crippen molar-refractivity contribution in [1.29, 1.82) is 0 Å². The fraction of sp³-hybridized carbons (Fsp3) is 0.0357. The molecule has 56 heavy (non-hydrogen) atoms. The third kappa shape index (κ3) is 8.21. The second kappa shape index (κ2) is 17.0. The summed E-state index contributed by atoms with van der Waals surface area (Å²) in [5.74, 6) is 0. The van der Waals surface area contributed by atoms with Gasteiger partial charge < -0.3 is 0 Å². The first kappa shape index (κ1) is 36.0. The minimum absolute atomic E-state index is 1.16. The highest BCUT2D eigenvalue weighted by Gasteiger charge is 2.11. The Morgan fingerprint density at radius 3 is 1.04 bits per heavy atom. The fourth-order valence-electron chi connectivity index (χ4n) is 7.44. The first-order valence-corrected chi connectivity index (χ1v) is 19.3. The minimum Gasteiger partial charge on any atom is -0.0622 e. The Labute approximate surface area is 331 Å². The number of hydrogen-bond acceptors (Lipinski definition) is 0. The van der Waals surface area contributed by atoms with Crippen molar-refractivity contribution < 1.29 is 0 Å². The van der Waals surface area contributed by atoms with Crippen LogP contribution in [0, 0.1) is 13.8 Å². The van der Waals surface area contributed by atoms with Gasteiger partial charge in [-0.1, -0.05) is 206 Å². The van der Waals surface area contributed by atoms with E-state index in [1.165, 1.54) is 77.6 Å². The lowest BCUT2D eigenvalue weighted by molar-refractivity contribution is 1.42. The zero-order valence-electron chi connectivity index (χ0n) is 31.9. The van der Waals surface area contributed by atoms with Crippen molar-refractivity contribution in [2.75, 3.05) is 0 Å². The van der Waals surface area contributed by atoms with Crippen LogP contribution in [-0.4, -0.2) is 0 Å². The molecule has 0 aliphatic rings. The molecule has 0 N–H and O–H groups in total. The van der Waals surface area contributed by atoms with Gasteiger partial charge in [0.2, 0.25) is 0 Å². The Kier molecular flexibility index (Phi) is 10.9. The van der Waals surface area contributed by atoms with Gasteiger partial charge in [-0.3, -0.25) is 0 Å². The van der Waals surface area contributed by atoms with Crippen molar-refractivity contribution >= 4 is 58.4 Å². The van der Waals surface area contributed by atoms with E-state index in [0.717, 1.165) is 11.1 Å². The molecule has 0 unspecified atom stereocenters. The van der Waals surface area contributed by atoms with E-state index in [2.05, 4.69) is 244 Å². The third-order valence-corrected chi connectivity index (χ3v) is 10.5. The normalized spacial score (nSPS) is 12.2. The average molecular weight is 717 g/mol. The molecular formula is C56H44. The molecule has 0 amide bonds. The van der Waals surface area contributed by atoms with Gasteiger partial charge in [0.05, 0.1) is 0 Å². The highest BCUT2D eigenvalue weighted by atomic mass is 14.2. The van der Waals surface area contributed by atoms with Crippen molar-refractivity contribution in [3.05, 3.63) is 261 Å². The monoisotopic (exact) mass is 716 g/mol. The Balaban J connectivity index is 1.20. The summed E-state index contributed by atoms with van der Waals surface area (Å²) in [6.07, 6.45) is 13.7. The summed E-state index contributed by atoms with van der Waals surface area (Å²) in [4.78, 5) is 0. The quantitative estimate of drug-likeness (QED) is 0.124. The molecular weight excluding hydrogens is 673 g/mol. The van der Waals surface area contributed by atoms with Gasteiger partial charge in [-0.25, -0.2) is 0 Å². The molecule has 0 fully saturated rings. The molecule has 0 nitrogen and oxygen atoms in total. The van der Waals surface area contributed by atoms with Crippen molar-refractivity contribution in [1.82, 2.24) is 0 Å². The maximum atomic E-state index is 2.34. The van der Waals surface area contributed by atoms with Crippen molar-refractivity contribution in [2.45, 2.75) is 13.8 Å². The first-order chi connectivity index (χ1) is 27.6. The molecule has 0 heterocycles. The molecule has 0 aromatic heterocycles. The van der Waals surface area contributed by atoms with Gasteiger partial charge in [-0.2, -0.15) is 0 Å². The van der Waals surface area contributed by atoms with E-state index in [0.29, 0.717) is 0 Å². The SMILES string of the molecule is Cc1ccccc1/C(=C/c1ccccc1C=Cc1cc2ccccc2cc1C=Cc1ccccc1/C=C(\c1ccccc1)c1ccccc1C)c1ccccc1. The van der Waals surface area contributed by atoms with E-state index >= 15 is 0 Å². The van der Waals surface area contributed by atoms with Crippen molar-refractivity contribution in [3.8, 4) is 0 Å². The molecule has 0 saturated carbocycles. The molecule has 0 saturated heterocycles. The summed E-state index contributed by atoms with van der Waals surface area (Å²) >= 11 is 0. The van der Waals surface area contributed by atoms with Crippen molar-refractivity contribution in [3.63, 3.8) is 0 Å². The van der Waals surface area contributed by atoms with Crippen LogP contribution in [0.25, 0.3) is 58.4 Å².